The van der Waals surface area contributed by atoms with Gasteiger partial charge in [-0.25, -0.2) is 15.0 Å². The number of nitrogens with zero attached hydrogens (tertiary/aromatic N) is 3. The zero-order chi connectivity index (χ0) is 23.3. The van der Waals surface area contributed by atoms with E-state index in [0.29, 0.717) is 6.61 Å². The van der Waals surface area contributed by atoms with Crippen LogP contribution in [0.2, 0.25) is 5.15 Å². The standard InChI is InChI=1S/C20H17ClF3N5O3/c1-3-32-15-9-5-7-12(26-15)19(30)29-17-18(27-14(21)10-25-17)28-16-11(20(22,23)24)6-4-8-13(16)31-2/h4-10H,3H2,1-2H3,(H,27,28)(H,25,29,30). The molecule has 0 bridgehead atoms. The molecule has 168 valence electrons. The topological polar surface area (TPSA) is 98.3 Å². The van der Waals surface area contributed by atoms with E-state index in [9.17, 15) is 18.0 Å². The molecular formula is C20H17ClF3N5O3. The largest absolute Gasteiger partial charge is 0.495 e. The smallest absolute Gasteiger partial charge is 0.418 e. The van der Waals surface area contributed by atoms with Crippen LogP contribution in [0.4, 0.5) is 30.5 Å². The number of amides is 1. The second-order valence-electron chi connectivity index (χ2n) is 6.14. The lowest BCUT2D eigenvalue weighted by Crippen LogP contribution is -2.17. The number of aromatic nitrogens is 3. The number of anilines is 3. The molecule has 8 nitrogen and oxygen atoms in total. The average Bonchev–Trinajstić information content (AvgIpc) is 2.75. The summed E-state index contributed by atoms with van der Waals surface area (Å²) in [6, 6.07) is 8.02. The third kappa shape index (κ3) is 5.35. The maximum Gasteiger partial charge on any atom is 0.418 e. The number of nitrogens with one attached hydrogen (secondary N) is 2. The number of methoxy groups -OCH3 is 1. The number of carbonyl (C=O) groups is 1. The molecule has 0 atom stereocenters. The summed E-state index contributed by atoms with van der Waals surface area (Å²) in [5.74, 6) is -0.916. The van der Waals surface area contributed by atoms with E-state index < -0.39 is 23.3 Å². The fourth-order valence-corrected chi connectivity index (χ4v) is 2.81. The summed E-state index contributed by atoms with van der Waals surface area (Å²) in [5.41, 5.74) is -1.40. The number of halogens is 4. The predicted octanol–water partition coefficient (Wildman–Crippen LogP) is 4.95. The summed E-state index contributed by atoms with van der Waals surface area (Å²) in [5, 5.41) is 4.89. The van der Waals surface area contributed by atoms with Crippen molar-refractivity contribution in [1.82, 2.24) is 15.0 Å². The van der Waals surface area contributed by atoms with Crippen LogP contribution in [0.1, 0.15) is 23.0 Å². The second kappa shape index (κ2) is 9.69. The van der Waals surface area contributed by atoms with Crippen molar-refractivity contribution >= 4 is 34.8 Å². The molecule has 0 unspecified atom stereocenters. The van der Waals surface area contributed by atoms with E-state index in [0.717, 1.165) is 12.3 Å². The molecule has 1 amide bonds. The molecular weight excluding hydrogens is 451 g/mol. The zero-order valence-corrected chi connectivity index (χ0v) is 17.6. The number of rotatable bonds is 7. The number of ether oxygens (including phenoxy) is 2. The quantitative estimate of drug-likeness (QED) is 0.507. The number of alkyl halides is 3. The van der Waals surface area contributed by atoms with Crippen LogP contribution < -0.4 is 20.1 Å². The van der Waals surface area contributed by atoms with E-state index in [1.165, 1.54) is 25.3 Å². The van der Waals surface area contributed by atoms with Crippen LogP contribution in [0.5, 0.6) is 11.6 Å². The highest BCUT2D eigenvalue weighted by Gasteiger charge is 2.35. The number of benzene rings is 1. The maximum absolute atomic E-state index is 13.5. The van der Waals surface area contributed by atoms with Crippen LogP contribution in [0.3, 0.4) is 0 Å². The van der Waals surface area contributed by atoms with E-state index in [-0.39, 0.29) is 34.1 Å². The molecule has 0 spiro atoms. The predicted molar refractivity (Wildman–Crippen MR) is 112 cm³/mol. The Morgan fingerprint density at radius 2 is 1.88 bits per heavy atom. The Balaban J connectivity index is 1.97. The molecule has 3 aromatic rings. The first-order valence-electron chi connectivity index (χ1n) is 9.18. The van der Waals surface area contributed by atoms with Crippen molar-refractivity contribution in [3.05, 3.63) is 59.0 Å². The van der Waals surface area contributed by atoms with Crippen molar-refractivity contribution < 1.29 is 27.4 Å². The molecule has 0 aliphatic rings. The van der Waals surface area contributed by atoms with Crippen LogP contribution in [0, 0.1) is 0 Å². The monoisotopic (exact) mass is 467 g/mol. The number of carbonyl (C=O) groups excluding carboxylic acids is 1. The van der Waals surface area contributed by atoms with Gasteiger partial charge in [0.2, 0.25) is 5.88 Å². The number of pyridine rings is 1. The van der Waals surface area contributed by atoms with Gasteiger partial charge >= 0.3 is 6.18 Å². The van der Waals surface area contributed by atoms with Gasteiger partial charge in [-0.3, -0.25) is 4.79 Å². The number of hydrogen-bond acceptors (Lipinski definition) is 7. The third-order valence-corrected chi connectivity index (χ3v) is 4.20. The fourth-order valence-electron chi connectivity index (χ4n) is 2.67. The highest BCUT2D eigenvalue weighted by atomic mass is 35.5. The van der Waals surface area contributed by atoms with E-state index >= 15 is 0 Å². The summed E-state index contributed by atoms with van der Waals surface area (Å²) >= 11 is 5.89. The fraction of sp³-hybridized carbons (Fsp3) is 0.200. The van der Waals surface area contributed by atoms with E-state index in [4.69, 9.17) is 21.1 Å². The Labute approximate surface area is 185 Å². The van der Waals surface area contributed by atoms with Crippen molar-refractivity contribution in [2.24, 2.45) is 0 Å². The number of hydrogen-bond donors (Lipinski definition) is 2. The second-order valence-corrected chi connectivity index (χ2v) is 6.53. The van der Waals surface area contributed by atoms with Crippen molar-refractivity contribution in [1.29, 1.82) is 0 Å². The Morgan fingerprint density at radius 3 is 2.56 bits per heavy atom. The van der Waals surface area contributed by atoms with Gasteiger partial charge in [-0.05, 0) is 25.1 Å². The van der Waals surface area contributed by atoms with Crippen LogP contribution in [-0.4, -0.2) is 34.6 Å². The zero-order valence-electron chi connectivity index (χ0n) is 16.8. The van der Waals surface area contributed by atoms with Gasteiger partial charge < -0.3 is 20.1 Å². The normalized spacial score (nSPS) is 11.1. The molecule has 2 N–H and O–H groups in total. The van der Waals surface area contributed by atoms with Gasteiger partial charge in [-0.15, -0.1) is 0 Å². The molecule has 0 saturated heterocycles. The molecule has 2 aromatic heterocycles. The van der Waals surface area contributed by atoms with Gasteiger partial charge in [0.25, 0.3) is 5.91 Å². The molecule has 32 heavy (non-hydrogen) atoms. The molecule has 2 heterocycles. The average molecular weight is 468 g/mol. The maximum atomic E-state index is 13.5. The molecule has 12 heteroatoms. The van der Waals surface area contributed by atoms with E-state index in [2.05, 4.69) is 25.6 Å². The lowest BCUT2D eigenvalue weighted by atomic mass is 10.1. The van der Waals surface area contributed by atoms with Crippen molar-refractivity contribution in [3.8, 4) is 11.6 Å². The van der Waals surface area contributed by atoms with Gasteiger partial charge in [-0.2, -0.15) is 13.2 Å². The summed E-state index contributed by atoms with van der Waals surface area (Å²) in [7, 11) is 1.23. The van der Waals surface area contributed by atoms with Crippen molar-refractivity contribution in [2.45, 2.75) is 13.1 Å². The molecule has 0 aliphatic carbocycles. The lowest BCUT2D eigenvalue weighted by Gasteiger charge is -2.18. The van der Waals surface area contributed by atoms with Crippen molar-refractivity contribution in [2.75, 3.05) is 24.4 Å². The Kier molecular flexibility index (Phi) is 6.98. The number of para-hydroxylation sites is 1. The Hall–Kier alpha value is -3.60. The van der Waals surface area contributed by atoms with Crippen LogP contribution in [-0.2, 0) is 6.18 Å². The molecule has 0 aliphatic heterocycles. The minimum atomic E-state index is -4.68. The summed E-state index contributed by atoms with van der Waals surface area (Å²) < 4.78 is 50.9. The summed E-state index contributed by atoms with van der Waals surface area (Å²) in [6.45, 7) is 2.12. The molecule has 1 aromatic carbocycles. The van der Waals surface area contributed by atoms with Crippen molar-refractivity contribution in [3.63, 3.8) is 0 Å². The third-order valence-electron chi connectivity index (χ3n) is 4.02. The molecule has 3 rings (SSSR count). The van der Waals surface area contributed by atoms with Gasteiger partial charge in [-0.1, -0.05) is 23.7 Å². The van der Waals surface area contributed by atoms with E-state index in [1.807, 2.05) is 0 Å². The first-order chi connectivity index (χ1) is 15.2. The highest BCUT2D eigenvalue weighted by Crippen LogP contribution is 2.41. The Bertz CT molecular complexity index is 1130. The van der Waals surface area contributed by atoms with Crippen LogP contribution >= 0.6 is 11.6 Å². The van der Waals surface area contributed by atoms with Crippen LogP contribution in [0.25, 0.3) is 0 Å². The van der Waals surface area contributed by atoms with Gasteiger partial charge in [0.05, 0.1) is 31.2 Å². The van der Waals surface area contributed by atoms with Gasteiger partial charge in [0.1, 0.15) is 16.6 Å². The van der Waals surface area contributed by atoms with E-state index in [1.54, 1.807) is 19.1 Å². The van der Waals surface area contributed by atoms with Gasteiger partial charge in [0.15, 0.2) is 11.6 Å². The SMILES string of the molecule is CCOc1cccc(C(=O)Nc2ncc(Cl)nc2Nc2c(OC)cccc2C(F)(F)F)n1. The Morgan fingerprint density at radius 1 is 1.12 bits per heavy atom. The molecule has 0 saturated carbocycles. The molecule has 0 fully saturated rings. The minimum absolute atomic E-state index is 0.00641. The first kappa shape index (κ1) is 23.1. The summed E-state index contributed by atoms with van der Waals surface area (Å²) in [6.07, 6.45) is -3.55. The van der Waals surface area contributed by atoms with Gasteiger partial charge in [0, 0.05) is 6.07 Å². The van der Waals surface area contributed by atoms with Crippen LogP contribution in [0.15, 0.2) is 42.6 Å². The lowest BCUT2D eigenvalue weighted by molar-refractivity contribution is -0.137. The highest BCUT2D eigenvalue weighted by molar-refractivity contribution is 6.29. The minimum Gasteiger partial charge on any atom is -0.495 e. The summed E-state index contributed by atoms with van der Waals surface area (Å²) in [4.78, 5) is 24.7. The first-order valence-corrected chi connectivity index (χ1v) is 9.55. The molecule has 0 radical (unpaired) electrons.